The van der Waals surface area contributed by atoms with E-state index in [9.17, 15) is 9.59 Å². The van der Waals surface area contributed by atoms with Crippen molar-refractivity contribution < 1.29 is 9.59 Å². The first-order valence-electron chi connectivity index (χ1n) is 11.7. The van der Waals surface area contributed by atoms with Crippen LogP contribution in [-0.2, 0) is 23.3 Å². The fraction of sp³-hybridized carbons (Fsp3) is 0.296. The molecule has 2 saturated heterocycles. The lowest BCUT2D eigenvalue weighted by Crippen LogP contribution is -2.51. The van der Waals surface area contributed by atoms with Crippen molar-refractivity contribution in [2.24, 2.45) is 0 Å². The van der Waals surface area contributed by atoms with Gasteiger partial charge >= 0.3 is 6.03 Å². The van der Waals surface area contributed by atoms with Crippen molar-refractivity contribution in [2.45, 2.75) is 18.5 Å². The standard InChI is InChI=1S/C27H29N5O2/c33-25-27(24-9-5-2-6-10-24,19-22-7-3-1-4-8-22)29-26(34)32(25)21-31-17-15-30(16-18-31)20-23-11-13-28-14-12-23/h1-14H,15-21H2,(H,29,34)/t27-/m1/s1. The van der Waals surface area contributed by atoms with Crippen LogP contribution in [0.25, 0.3) is 0 Å². The molecule has 1 aromatic heterocycles. The predicted molar refractivity (Wildman–Crippen MR) is 130 cm³/mol. The number of hydrogen-bond donors (Lipinski definition) is 1. The van der Waals surface area contributed by atoms with Gasteiger partial charge in [-0.3, -0.25) is 19.6 Å². The quantitative estimate of drug-likeness (QED) is 0.555. The summed E-state index contributed by atoms with van der Waals surface area (Å²) in [5.74, 6) is -0.188. The Bertz CT molecular complexity index is 1120. The summed E-state index contributed by atoms with van der Waals surface area (Å²) in [7, 11) is 0. The maximum atomic E-state index is 13.8. The molecule has 0 radical (unpaired) electrons. The van der Waals surface area contributed by atoms with Gasteiger partial charge in [-0.2, -0.15) is 0 Å². The summed E-state index contributed by atoms with van der Waals surface area (Å²) in [4.78, 5) is 37.0. The number of carbonyl (C=O) groups excluding carboxylic acids is 2. The number of hydrogen-bond acceptors (Lipinski definition) is 5. The van der Waals surface area contributed by atoms with Crippen molar-refractivity contribution in [1.29, 1.82) is 0 Å². The van der Waals surface area contributed by atoms with Gasteiger partial charge in [-0.05, 0) is 28.8 Å². The van der Waals surface area contributed by atoms with E-state index in [4.69, 9.17) is 0 Å². The summed E-state index contributed by atoms with van der Waals surface area (Å²) in [6.07, 6.45) is 4.05. The molecule has 3 heterocycles. The van der Waals surface area contributed by atoms with Crippen molar-refractivity contribution in [3.8, 4) is 0 Å². The van der Waals surface area contributed by atoms with Crippen LogP contribution < -0.4 is 5.32 Å². The highest BCUT2D eigenvalue weighted by molar-refractivity contribution is 6.07. The van der Waals surface area contributed by atoms with Crippen molar-refractivity contribution >= 4 is 11.9 Å². The van der Waals surface area contributed by atoms with Crippen LogP contribution in [0.4, 0.5) is 4.79 Å². The van der Waals surface area contributed by atoms with Gasteiger partial charge < -0.3 is 5.32 Å². The maximum absolute atomic E-state index is 13.8. The third kappa shape index (κ3) is 4.58. The second kappa shape index (κ2) is 9.75. The van der Waals surface area contributed by atoms with E-state index in [0.29, 0.717) is 13.1 Å². The number of pyridine rings is 1. The summed E-state index contributed by atoms with van der Waals surface area (Å²) >= 11 is 0. The van der Waals surface area contributed by atoms with E-state index in [1.54, 1.807) is 0 Å². The Morgan fingerprint density at radius 2 is 1.38 bits per heavy atom. The highest BCUT2D eigenvalue weighted by Crippen LogP contribution is 2.33. The zero-order valence-electron chi connectivity index (χ0n) is 19.1. The smallest absolute Gasteiger partial charge is 0.319 e. The lowest BCUT2D eigenvalue weighted by Gasteiger charge is -2.36. The van der Waals surface area contributed by atoms with Crippen LogP contribution >= 0.6 is 0 Å². The van der Waals surface area contributed by atoms with Crippen LogP contribution in [0.15, 0.2) is 85.2 Å². The van der Waals surface area contributed by atoms with Crippen LogP contribution in [0.1, 0.15) is 16.7 Å². The summed E-state index contributed by atoms with van der Waals surface area (Å²) in [6.45, 7) is 4.57. The molecule has 5 rings (SSSR count). The van der Waals surface area contributed by atoms with Gasteiger partial charge in [-0.15, -0.1) is 0 Å². The average molecular weight is 456 g/mol. The summed E-state index contributed by atoms with van der Waals surface area (Å²) in [5, 5.41) is 3.06. The third-order valence-corrected chi connectivity index (χ3v) is 6.72. The van der Waals surface area contributed by atoms with Crippen LogP contribution in [-0.4, -0.2) is 64.5 Å². The minimum atomic E-state index is -1.09. The lowest BCUT2D eigenvalue weighted by atomic mass is 9.83. The van der Waals surface area contributed by atoms with E-state index in [2.05, 4.69) is 20.1 Å². The highest BCUT2D eigenvalue weighted by Gasteiger charge is 2.52. The van der Waals surface area contributed by atoms with E-state index in [1.165, 1.54) is 10.5 Å². The summed E-state index contributed by atoms with van der Waals surface area (Å²) < 4.78 is 0. The van der Waals surface area contributed by atoms with E-state index in [-0.39, 0.29) is 11.9 Å². The SMILES string of the molecule is O=C1N[C@](Cc2ccccc2)(c2ccccc2)C(=O)N1CN1CCN(Cc2ccncc2)CC1. The number of imide groups is 1. The Balaban J connectivity index is 1.29. The van der Waals surface area contributed by atoms with Gasteiger partial charge in [0.15, 0.2) is 5.54 Å². The van der Waals surface area contributed by atoms with E-state index < -0.39 is 5.54 Å². The molecule has 3 amide bonds. The zero-order chi connectivity index (χ0) is 23.4. The average Bonchev–Trinajstić information content (AvgIpc) is 3.12. The number of carbonyl (C=O) groups is 2. The van der Waals surface area contributed by atoms with Gasteiger partial charge in [0.2, 0.25) is 0 Å². The first-order chi connectivity index (χ1) is 16.6. The number of benzene rings is 2. The number of aromatic nitrogens is 1. The second-order valence-corrected chi connectivity index (χ2v) is 8.99. The van der Waals surface area contributed by atoms with E-state index in [1.807, 2.05) is 85.2 Å². The van der Waals surface area contributed by atoms with Gasteiger partial charge in [0.25, 0.3) is 5.91 Å². The van der Waals surface area contributed by atoms with Crippen molar-refractivity contribution in [1.82, 2.24) is 25.0 Å². The van der Waals surface area contributed by atoms with Crippen LogP contribution in [0.5, 0.6) is 0 Å². The predicted octanol–water partition coefficient (Wildman–Crippen LogP) is 2.85. The number of amides is 3. The van der Waals surface area contributed by atoms with E-state index >= 15 is 0 Å². The van der Waals surface area contributed by atoms with Gasteiger partial charge in [-0.25, -0.2) is 9.69 Å². The molecule has 0 aliphatic carbocycles. The topological polar surface area (TPSA) is 68.8 Å². The molecule has 2 aromatic carbocycles. The second-order valence-electron chi connectivity index (χ2n) is 8.99. The Morgan fingerprint density at radius 1 is 0.765 bits per heavy atom. The fourth-order valence-electron chi connectivity index (χ4n) is 4.83. The Kier molecular flexibility index (Phi) is 6.38. The molecule has 7 nitrogen and oxygen atoms in total. The molecule has 7 heteroatoms. The summed E-state index contributed by atoms with van der Waals surface area (Å²) in [6, 6.07) is 23.2. The first kappa shape index (κ1) is 22.3. The molecule has 2 aliphatic rings. The first-order valence-corrected chi connectivity index (χ1v) is 11.7. The Hall–Kier alpha value is -3.55. The third-order valence-electron chi connectivity index (χ3n) is 6.72. The number of piperazine rings is 1. The minimum Gasteiger partial charge on any atom is -0.319 e. The van der Waals surface area contributed by atoms with Gasteiger partial charge in [0, 0.05) is 51.5 Å². The molecule has 174 valence electrons. The molecule has 1 atom stereocenters. The fourth-order valence-corrected chi connectivity index (χ4v) is 4.83. The number of rotatable bonds is 7. The van der Waals surface area contributed by atoms with Crippen molar-refractivity contribution in [3.05, 3.63) is 102 Å². The highest BCUT2D eigenvalue weighted by atomic mass is 16.2. The van der Waals surface area contributed by atoms with Gasteiger partial charge in [0.05, 0.1) is 6.67 Å². The number of nitrogens with zero attached hydrogens (tertiary/aromatic N) is 4. The largest absolute Gasteiger partial charge is 0.326 e. The molecular formula is C27H29N5O2. The van der Waals surface area contributed by atoms with Crippen LogP contribution in [0, 0.1) is 0 Å². The van der Waals surface area contributed by atoms with Crippen LogP contribution in [0.2, 0.25) is 0 Å². The summed E-state index contributed by atoms with van der Waals surface area (Å²) in [5.41, 5.74) is 1.96. The molecular weight excluding hydrogens is 426 g/mol. The molecule has 1 N–H and O–H groups in total. The molecule has 2 aliphatic heterocycles. The van der Waals surface area contributed by atoms with Gasteiger partial charge in [0.1, 0.15) is 0 Å². The zero-order valence-corrected chi connectivity index (χ0v) is 19.1. The molecule has 0 saturated carbocycles. The molecule has 2 fully saturated rings. The molecule has 34 heavy (non-hydrogen) atoms. The minimum absolute atomic E-state index is 0.188. The normalized spacial score (nSPS) is 21.6. The number of nitrogens with one attached hydrogen (secondary N) is 1. The molecule has 3 aromatic rings. The Labute approximate surface area is 200 Å². The monoisotopic (exact) mass is 455 g/mol. The van der Waals surface area contributed by atoms with E-state index in [0.717, 1.165) is 43.9 Å². The van der Waals surface area contributed by atoms with Crippen molar-refractivity contribution in [2.75, 3.05) is 32.8 Å². The number of urea groups is 1. The molecule has 0 spiro atoms. The van der Waals surface area contributed by atoms with Gasteiger partial charge in [-0.1, -0.05) is 60.7 Å². The molecule has 0 unspecified atom stereocenters. The molecule has 0 bridgehead atoms. The van der Waals surface area contributed by atoms with Crippen molar-refractivity contribution in [3.63, 3.8) is 0 Å². The maximum Gasteiger partial charge on any atom is 0.326 e. The Morgan fingerprint density at radius 3 is 2.06 bits per heavy atom. The van der Waals surface area contributed by atoms with Crippen LogP contribution in [0.3, 0.4) is 0 Å². The lowest BCUT2D eigenvalue weighted by molar-refractivity contribution is -0.133.